The first kappa shape index (κ1) is 35.3. The van der Waals surface area contributed by atoms with Crippen LogP contribution < -0.4 is 24.2 Å². The van der Waals surface area contributed by atoms with E-state index in [1.165, 1.54) is 0 Å². The van der Waals surface area contributed by atoms with Gasteiger partial charge in [-0.15, -0.1) is 0 Å². The van der Waals surface area contributed by atoms with E-state index in [9.17, 15) is 4.79 Å². The van der Waals surface area contributed by atoms with Crippen LogP contribution in [0.25, 0.3) is 11.3 Å². The van der Waals surface area contributed by atoms with Gasteiger partial charge in [0.15, 0.2) is 0 Å². The predicted octanol–water partition coefficient (Wildman–Crippen LogP) is 6.23. The summed E-state index contributed by atoms with van der Waals surface area (Å²) in [4.78, 5) is 42.1. The highest BCUT2D eigenvalue weighted by Gasteiger charge is 2.31. The van der Waals surface area contributed by atoms with Crippen molar-refractivity contribution < 1.29 is 19.0 Å². The average molecular weight is 727 g/mol. The van der Waals surface area contributed by atoms with E-state index in [0.29, 0.717) is 51.3 Å². The molecule has 2 aromatic heterocycles. The quantitative estimate of drug-likeness (QED) is 0.155. The number of aromatic nitrogens is 4. The number of hydrogen-bond donors (Lipinski definition) is 0. The standard InChI is InChI=1S/C42H46N8O4/c1-29-24-32(40(51)47-17-4-5-18-47)10-15-37(29)50-19-16-36-38(45-42(46-39(36)50)48-20-22-54-23-21-48)33-25-43-41(44-26-33)49(27-30-6-11-34(52-2)12-7-30)28-31-8-13-35(53-3)14-9-31/h6-15,24-26H,4-5,16-23,27-28H2,1-3H3. The van der Waals surface area contributed by atoms with Gasteiger partial charge in [0.1, 0.15) is 17.3 Å². The van der Waals surface area contributed by atoms with Gasteiger partial charge in [-0.05, 0) is 85.3 Å². The summed E-state index contributed by atoms with van der Waals surface area (Å²) in [6, 6.07) is 22.2. The number of likely N-dealkylation sites (tertiary alicyclic amines) is 1. The van der Waals surface area contributed by atoms with Gasteiger partial charge in [-0.3, -0.25) is 4.79 Å². The maximum absolute atomic E-state index is 13.2. The summed E-state index contributed by atoms with van der Waals surface area (Å²) < 4.78 is 16.5. The Balaban J connectivity index is 1.12. The van der Waals surface area contributed by atoms with E-state index < -0.39 is 0 Å². The molecule has 3 aromatic carbocycles. The molecule has 3 aliphatic rings. The molecule has 0 radical (unpaired) electrons. The highest BCUT2D eigenvalue weighted by atomic mass is 16.5. The molecule has 0 bridgehead atoms. The number of ether oxygens (including phenoxy) is 3. The van der Waals surface area contributed by atoms with Crippen LogP contribution in [0.5, 0.6) is 11.5 Å². The third kappa shape index (κ3) is 7.38. The number of nitrogens with zero attached hydrogens (tertiary/aromatic N) is 8. The Morgan fingerprint density at radius 3 is 2.02 bits per heavy atom. The molecule has 0 N–H and O–H groups in total. The molecular formula is C42H46N8O4. The molecular weight excluding hydrogens is 681 g/mol. The van der Waals surface area contributed by atoms with Crippen LogP contribution >= 0.6 is 0 Å². The van der Waals surface area contributed by atoms with E-state index in [2.05, 4.69) is 52.0 Å². The number of hydrogen-bond acceptors (Lipinski definition) is 11. The van der Waals surface area contributed by atoms with Crippen molar-refractivity contribution in [2.24, 2.45) is 0 Å². The maximum atomic E-state index is 13.2. The number of methoxy groups -OCH3 is 2. The van der Waals surface area contributed by atoms with E-state index in [1.54, 1.807) is 14.2 Å². The van der Waals surface area contributed by atoms with Crippen molar-refractivity contribution in [1.82, 2.24) is 24.8 Å². The Kier molecular flexibility index (Phi) is 10.3. The molecule has 0 spiro atoms. The third-order valence-electron chi connectivity index (χ3n) is 10.5. The summed E-state index contributed by atoms with van der Waals surface area (Å²) in [7, 11) is 3.35. The highest BCUT2D eigenvalue weighted by molar-refractivity contribution is 5.95. The van der Waals surface area contributed by atoms with Crippen molar-refractivity contribution in [3.05, 3.63) is 107 Å². The molecule has 0 saturated carbocycles. The number of benzene rings is 3. The minimum absolute atomic E-state index is 0.109. The summed E-state index contributed by atoms with van der Waals surface area (Å²) in [5.74, 6) is 3.90. The van der Waals surface area contributed by atoms with Crippen molar-refractivity contribution in [1.29, 1.82) is 0 Å². The number of fused-ring (bicyclic) bond motifs is 1. The second-order valence-electron chi connectivity index (χ2n) is 14.0. The topological polar surface area (TPSA) is 109 Å². The average Bonchev–Trinajstić information content (AvgIpc) is 3.92. The Hall–Kier alpha value is -5.75. The Labute approximate surface area is 316 Å². The molecule has 54 heavy (non-hydrogen) atoms. The molecule has 12 heteroatoms. The number of rotatable bonds is 11. The lowest BCUT2D eigenvalue weighted by Gasteiger charge is -2.29. The fraction of sp³-hybridized carbons (Fsp3) is 0.357. The van der Waals surface area contributed by atoms with Crippen molar-refractivity contribution in [2.75, 3.05) is 74.9 Å². The minimum Gasteiger partial charge on any atom is -0.497 e. The number of carbonyl (C=O) groups excluding carboxylic acids is 1. The molecule has 8 rings (SSSR count). The molecule has 5 aromatic rings. The van der Waals surface area contributed by atoms with Crippen LogP contribution in [0.1, 0.15) is 45.5 Å². The normalized spacial score (nSPS) is 15.4. The zero-order valence-electron chi connectivity index (χ0n) is 31.2. The number of carbonyl (C=O) groups is 1. The zero-order chi connectivity index (χ0) is 37.0. The first-order valence-electron chi connectivity index (χ1n) is 18.7. The molecule has 5 heterocycles. The minimum atomic E-state index is 0.109. The van der Waals surface area contributed by atoms with Crippen LogP contribution in [0.4, 0.5) is 23.4 Å². The SMILES string of the molecule is COc1ccc(CN(Cc2ccc(OC)cc2)c2ncc(-c3nc(N4CCOCC4)nc4c3CCN4c3ccc(C(=O)N4CCCC4)cc3C)cn2)cc1. The number of amides is 1. The van der Waals surface area contributed by atoms with Crippen LogP contribution in [-0.4, -0.2) is 90.9 Å². The van der Waals surface area contributed by atoms with Crippen molar-refractivity contribution in [3.8, 4) is 22.8 Å². The maximum Gasteiger partial charge on any atom is 0.253 e. The molecule has 0 atom stereocenters. The van der Waals surface area contributed by atoms with Gasteiger partial charge in [0.05, 0.1) is 33.1 Å². The van der Waals surface area contributed by atoms with Gasteiger partial charge >= 0.3 is 0 Å². The lowest BCUT2D eigenvalue weighted by molar-refractivity contribution is 0.0792. The second-order valence-corrected chi connectivity index (χ2v) is 14.0. The number of aryl methyl sites for hydroxylation is 1. The van der Waals surface area contributed by atoms with E-state index in [1.807, 2.05) is 53.7 Å². The van der Waals surface area contributed by atoms with E-state index in [0.717, 1.165) is 101 Å². The predicted molar refractivity (Wildman–Crippen MR) is 209 cm³/mol. The Morgan fingerprint density at radius 2 is 1.43 bits per heavy atom. The first-order valence-corrected chi connectivity index (χ1v) is 18.7. The lowest BCUT2D eigenvalue weighted by Crippen LogP contribution is -2.37. The second kappa shape index (κ2) is 15.7. The molecule has 1 amide bonds. The first-order chi connectivity index (χ1) is 26.5. The van der Waals surface area contributed by atoms with Gasteiger partial charge in [0.25, 0.3) is 5.91 Å². The van der Waals surface area contributed by atoms with Crippen LogP contribution in [0.15, 0.2) is 79.1 Å². The van der Waals surface area contributed by atoms with Crippen LogP contribution in [-0.2, 0) is 24.2 Å². The number of anilines is 4. The highest BCUT2D eigenvalue weighted by Crippen LogP contribution is 2.40. The van der Waals surface area contributed by atoms with Gasteiger partial charge in [-0.2, -0.15) is 4.98 Å². The molecule has 3 aliphatic heterocycles. The zero-order valence-corrected chi connectivity index (χ0v) is 31.2. The van der Waals surface area contributed by atoms with E-state index in [4.69, 9.17) is 34.1 Å². The van der Waals surface area contributed by atoms with Crippen molar-refractivity contribution >= 4 is 29.3 Å². The molecule has 12 nitrogen and oxygen atoms in total. The Bertz CT molecular complexity index is 2030. The molecule has 2 fully saturated rings. The summed E-state index contributed by atoms with van der Waals surface area (Å²) >= 11 is 0. The van der Waals surface area contributed by atoms with Crippen LogP contribution in [0.3, 0.4) is 0 Å². The summed E-state index contributed by atoms with van der Waals surface area (Å²) in [6.45, 7) is 8.38. The van der Waals surface area contributed by atoms with Crippen molar-refractivity contribution in [2.45, 2.75) is 39.3 Å². The molecule has 2 saturated heterocycles. The van der Waals surface area contributed by atoms with Crippen LogP contribution in [0, 0.1) is 6.92 Å². The smallest absolute Gasteiger partial charge is 0.253 e. The summed E-state index contributed by atoms with van der Waals surface area (Å²) in [5, 5.41) is 0. The molecule has 0 aliphatic carbocycles. The molecule has 0 unspecified atom stereocenters. The Morgan fingerprint density at radius 1 is 0.796 bits per heavy atom. The van der Waals surface area contributed by atoms with Gasteiger partial charge in [-0.1, -0.05) is 24.3 Å². The van der Waals surface area contributed by atoms with Crippen molar-refractivity contribution in [3.63, 3.8) is 0 Å². The monoisotopic (exact) mass is 726 g/mol. The summed E-state index contributed by atoms with van der Waals surface area (Å²) in [5.41, 5.74) is 7.80. The fourth-order valence-corrected chi connectivity index (χ4v) is 7.52. The van der Waals surface area contributed by atoms with Crippen LogP contribution in [0.2, 0.25) is 0 Å². The van der Waals surface area contributed by atoms with Gasteiger partial charge in [0.2, 0.25) is 11.9 Å². The fourth-order valence-electron chi connectivity index (χ4n) is 7.52. The van der Waals surface area contributed by atoms with E-state index in [-0.39, 0.29) is 5.91 Å². The third-order valence-corrected chi connectivity index (χ3v) is 10.5. The van der Waals surface area contributed by atoms with Gasteiger partial charge < -0.3 is 33.8 Å². The van der Waals surface area contributed by atoms with Gasteiger partial charge in [-0.25, -0.2) is 15.0 Å². The molecule has 278 valence electrons. The largest absolute Gasteiger partial charge is 0.497 e. The number of morpholine rings is 1. The summed E-state index contributed by atoms with van der Waals surface area (Å²) in [6.07, 6.45) is 6.68. The lowest BCUT2D eigenvalue weighted by atomic mass is 10.1. The van der Waals surface area contributed by atoms with E-state index >= 15 is 0 Å². The van der Waals surface area contributed by atoms with Gasteiger partial charge in [0, 0.05) is 80.6 Å².